The van der Waals surface area contributed by atoms with E-state index in [1.54, 1.807) is 6.26 Å². The summed E-state index contributed by atoms with van der Waals surface area (Å²) in [6.45, 7) is 0. The number of carbonyl (C=O) groups is 1. The molecule has 0 aliphatic carbocycles. The van der Waals surface area contributed by atoms with E-state index in [-0.39, 0.29) is 11.3 Å². The van der Waals surface area contributed by atoms with E-state index in [1.807, 2.05) is 0 Å². The minimum absolute atomic E-state index is 0.110. The smallest absolute Gasteiger partial charge is 0.175 e. The molecule has 1 rings (SSSR count). The summed E-state index contributed by atoms with van der Waals surface area (Å²) in [6.07, 6.45) is 1.80. The van der Waals surface area contributed by atoms with Crippen molar-refractivity contribution in [3.05, 3.63) is 34.6 Å². The lowest BCUT2D eigenvalue weighted by molar-refractivity contribution is 0.101. The maximum atomic E-state index is 13.1. The van der Waals surface area contributed by atoms with Gasteiger partial charge in [-0.2, -0.15) is 11.8 Å². The predicted molar refractivity (Wildman–Crippen MR) is 54.1 cm³/mol. The number of carbonyl (C=O) groups excluding carboxylic acids is 1. The van der Waals surface area contributed by atoms with Gasteiger partial charge in [-0.25, -0.2) is 4.39 Å². The monoisotopic (exact) mass is 218 g/mol. The molecule has 0 aliphatic rings. The molecule has 1 aromatic rings. The molecule has 4 heteroatoms. The summed E-state index contributed by atoms with van der Waals surface area (Å²) in [7, 11) is 0. The van der Waals surface area contributed by atoms with Gasteiger partial charge in [-0.15, -0.1) is 0 Å². The molecule has 0 aliphatic heterocycles. The molecule has 1 aromatic carbocycles. The Morgan fingerprint density at radius 2 is 2.31 bits per heavy atom. The Kier molecular flexibility index (Phi) is 3.75. The average Bonchev–Trinajstić information content (AvgIpc) is 2.04. The van der Waals surface area contributed by atoms with Crippen molar-refractivity contribution >= 4 is 29.1 Å². The number of Topliss-reactive ketones (excluding diaryl/α,β-unsaturated/α-hetero) is 1. The first-order valence-electron chi connectivity index (χ1n) is 3.62. The van der Waals surface area contributed by atoms with E-state index in [9.17, 15) is 9.18 Å². The molecule has 0 unspecified atom stereocenters. The van der Waals surface area contributed by atoms with Crippen LogP contribution in [0.15, 0.2) is 18.2 Å². The van der Waals surface area contributed by atoms with Crippen LogP contribution in [0, 0.1) is 5.82 Å². The van der Waals surface area contributed by atoms with Crippen LogP contribution in [-0.4, -0.2) is 17.8 Å². The number of halogens is 2. The molecule has 70 valence electrons. The maximum Gasteiger partial charge on any atom is 0.175 e. The van der Waals surface area contributed by atoms with Crippen LogP contribution in [0.3, 0.4) is 0 Å². The fourth-order valence-electron chi connectivity index (χ4n) is 0.924. The average molecular weight is 219 g/mol. The first kappa shape index (κ1) is 10.5. The number of hydrogen-bond donors (Lipinski definition) is 0. The lowest BCUT2D eigenvalue weighted by Crippen LogP contribution is -2.04. The maximum absolute atomic E-state index is 13.1. The molecule has 0 heterocycles. The van der Waals surface area contributed by atoms with Gasteiger partial charge < -0.3 is 0 Å². The van der Waals surface area contributed by atoms with Crippen LogP contribution in [0.4, 0.5) is 4.39 Å². The highest BCUT2D eigenvalue weighted by Gasteiger charge is 2.10. The molecule has 0 bridgehead atoms. The third-order valence-electron chi connectivity index (χ3n) is 1.51. The van der Waals surface area contributed by atoms with Crippen molar-refractivity contribution in [2.75, 3.05) is 12.0 Å². The second-order valence-electron chi connectivity index (χ2n) is 2.48. The van der Waals surface area contributed by atoms with Crippen molar-refractivity contribution in [2.24, 2.45) is 0 Å². The van der Waals surface area contributed by atoms with Crippen LogP contribution < -0.4 is 0 Å². The van der Waals surface area contributed by atoms with Crippen LogP contribution in [0.1, 0.15) is 10.4 Å². The molecule has 13 heavy (non-hydrogen) atoms. The number of ketones is 1. The van der Waals surface area contributed by atoms with Gasteiger partial charge in [0.2, 0.25) is 0 Å². The zero-order valence-electron chi connectivity index (χ0n) is 7.01. The number of rotatable bonds is 3. The summed E-state index contributed by atoms with van der Waals surface area (Å²) in [5.41, 5.74) is 0.110. The van der Waals surface area contributed by atoms with Crippen molar-refractivity contribution in [3.8, 4) is 0 Å². The number of thioether (sulfide) groups is 1. The van der Waals surface area contributed by atoms with Crippen LogP contribution in [0.25, 0.3) is 0 Å². The lowest BCUT2D eigenvalue weighted by Gasteiger charge is -2.00. The van der Waals surface area contributed by atoms with E-state index in [2.05, 4.69) is 0 Å². The number of benzene rings is 1. The fraction of sp³-hybridized carbons (Fsp3) is 0.222. The second-order valence-corrected chi connectivity index (χ2v) is 3.78. The van der Waals surface area contributed by atoms with E-state index >= 15 is 0 Å². The Morgan fingerprint density at radius 1 is 1.62 bits per heavy atom. The molecular weight excluding hydrogens is 211 g/mol. The molecule has 0 radical (unpaired) electrons. The van der Waals surface area contributed by atoms with Crippen LogP contribution in [-0.2, 0) is 0 Å². The molecule has 0 spiro atoms. The summed E-state index contributed by atoms with van der Waals surface area (Å²) in [5, 5.41) is 0.304. The molecule has 0 saturated carbocycles. The zero-order valence-corrected chi connectivity index (χ0v) is 8.58. The van der Waals surface area contributed by atoms with Gasteiger partial charge in [0.15, 0.2) is 5.78 Å². The summed E-state index contributed by atoms with van der Waals surface area (Å²) < 4.78 is 13.1. The van der Waals surface area contributed by atoms with E-state index in [4.69, 9.17) is 11.6 Å². The Hall–Kier alpha value is -0.540. The highest BCUT2D eigenvalue weighted by molar-refractivity contribution is 7.99. The van der Waals surface area contributed by atoms with Gasteiger partial charge in [-0.05, 0) is 24.5 Å². The summed E-state index contributed by atoms with van der Waals surface area (Å²) >= 11 is 6.91. The highest BCUT2D eigenvalue weighted by atomic mass is 35.5. The highest BCUT2D eigenvalue weighted by Crippen LogP contribution is 2.16. The zero-order chi connectivity index (χ0) is 9.84. The second kappa shape index (κ2) is 4.63. The minimum atomic E-state index is -0.549. The molecule has 1 nitrogen and oxygen atoms in total. The topological polar surface area (TPSA) is 17.1 Å². The first-order valence-corrected chi connectivity index (χ1v) is 5.39. The number of hydrogen-bond acceptors (Lipinski definition) is 2. The van der Waals surface area contributed by atoms with Gasteiger partial charge in [-0.1, -0.05) is 11.6 Å². The summed E-state index contributed by atoms with van der Waals surface area (Å²) in [6, 6.07) is 4.07. The Balaban J connectivity index is 2.95. The molecule has 0 N–H and O–H groups in total. The first-order chi connectivity index (χ1) is 6.15. The Bertz CT molecular complexity index is 327. The lowest BCUT2D eigenvalue weighted by atomic mass is 10.1. The van der Waals surface area contributed by atoms with Crippen LogP contribution in [0.2, 0.25) is 5.02 Å². The summed E-state index contributed by atoms with van der Waals surface area (Å²) in [5.74, 6) is -0.466. The molecular formula is C9H8ClFOS. The molecule has 0 aromatic heterocycles. The largest absolute Gasteiger partial charge is 0.293 e. The van der Waals surface area contributed by atoms with Gasteiger partial charge in [0.1, 0.15) is 5.82 Å². The van der Waals surface area contributed by atoms with E-state index in [0.717, 1.165) is 6.07 Å². The van der Waals surface area contributed by atoms with Crippen molar-refractivity contribution in [1.82, 2.24) is 0 Å². The third-order valence-corrected chi connectivity index (χ3v) is 2.29. The van der Waals surface area contributed by atoms with Crippen LogP contribution >= 0.6 is 23.4 Å². The quantitative estimate of drug-likeness (QED) is 0.726. The molecule has 0 fully saturated rings. The van der Waals surface area contributed by atoms with Gasteiger partial charge in [0.25, 0.3) is 0 Å². The van der Waals surface area contributed by atoms with Crippen molar-refractivity contribution in [1.29, 1.82) is 0 Å². The molecule has 0 atom stereocenters. The van der Waals surface area contributed by atoms with E-state index < -0.39 is 5.82 Å². The van der Waals surface area contributed by atoms with E-state index in [1.165, 1.54) is 23.9 Å². The Morgan fingerprint density at radius 3 is 2.85 bits per heavy atom. The minimum Gasteiger partial charge on any atom is -0.293 e. The van der Waals surface area contributed by atoms with Gasteiger partial charge in [0.05, 0.1) is 11.3 Å². The van der Waals surface area contributed by atoms with Crippen LogP contribution in [0.5, 0.6) is 0 Å². The van der Waals surface area contributed by atoms with E-state index in [0.29, 0.717) is 10.8 Å². The Labute approximate surface area is 85.3 Å². The SMILES string of the molecule is CSCC(=O)c1ccc(Cl)cc1F. The summed E-state index contributed by atoms with van der Waals surface area (Å²) in [4.78, 5) is 11.3. The van der Waals surface area contributed by atoms with Gasteiger partial charge in [-0.3, -0.25) is 4.79 Å². The van der Waals surface area contributed by atoms with Gasteiger partial charge >= 0.3 is 0 Å². The van der Waals surface area contributed by atoms with Crippen molar-refractivity contribution < 1.29 is 9.18 Å². The third kappa shape index (κ3) is 2.71. The predicted octanol–water partition coefficient (Wildman–Crippen LogP) is 3.02. The normalized spacial score (nSPS) is 10.1. The van der Waals surface area contributed by atoms with Crippen molar-refractivity contribution in [2.45, 2.75) is 0 Å². The standard InChI is InChI=1S/C9H8ClFOS/c1-13-5-9(12)7-3-2-6(10)4-8(7)11/h2-4H,5H2,1H3. The van der Waals surface area contributed by atoms with Gasteiger partial charge in [0, 0.05) is 5.02 Å². The molecule has 0 amide bonds. The fourth-order valence-corrected chi connectivity index (χ4v) is 1.50. The van der Waals surface area contributed by atoms with Crippen molar-refractivity contribution in [3.63, 3.8) is 0 Å². The molecule has 0 saturated heterocycles.